The Bertz CT molecular complexity index is 259. The average Bonchev–Trinajstić information content (AvgIpc) is 2.26. The molecular weight excluding hydrogens is 240 g/mol. The van der Waals surface area contributed by atoms with Gasteiger partial charge in [-0.15, -0.1) is 0 Å². The molecule has 0 unspecified atom stereocenters. The Kier molecular flexibility index (Phi) is 7.27. The largest absolute Gasteiger partial charge is 0.290 e. The van der Waals surface area contributed by atoms with Crippen molar-refractivity contribution in [3.8, 4) is 0 Å². The Labute approximate surface area is 95.7 Å². The number of rotatable bonds is 6. The summed E-state index contributed by atoms with van der Waals surface area (Å²) < 4.78 is 4.50. The Balaban J connectivity index is 3.80. The smallest absolute Gasteiger partial charge is 0.282 e. The molecule has 0 spiro atoms. The third-order valence-corrected chi connectivity index (χ3v) is 2.62. The molecule has 0 fully saturated rings. The molecule has 0 aliphatic heterocycles. The minimum Gasteiger partial charge on any atom is -0.290 e. The van der Waals surface area contributed by atoms with Crippen molar-refractivity contribution in [2.45, 2.75) is 26.7 Å². The van der Waals surface area contributed by atoms with E-state index in [9.17, 15) is 19.2 Å². The van der Waals surface area contributed by atoms with Crippen molar-refractivity contribution < 1.29 is 22.8 Å². The Hall–Kier alpha value is -0.660. The van der Waals surface area contributed by atoms with Crippen LogP contribution in [0.5, 0.6) is 0 Å². The lowest BCUT2D eigenvalue weighted by Crippen LogP contribution is -2.10. The van der Waals surface area contributed by atoms with E-state index < -0.39 is 21.8 Å². The van der Waals surface area contributed by atoms with Gasteiger partial charge in [-0.2, -0.15) is 0 Å². The van der Waals surface area contributed by atoms with Crippen molar-refractivity contribution in [3.63, 3.8) is 0 Å². The van der Waals surface area contributed by atoms with E-state index in [0.717, 1.165) is 0 Å². The summed E-state index contributed by atoms with van der Waals surface area (Å²) in [5.41, 5.74) is 0. The molecule has 0 radical (unpaired) electrons. The molecule has 0 saturated carbocycles. The first-order valence-corrected chi connectivity index (χ1v) is 5.66. The van der Waals surface area contributed by atoms with Crippen LogP contribution in [-0.4, -0.2) is 21.8 Å². The van der Waals surface area contributed by atoms with Gasteiger partial charge in [0, 0.05) is 12.8 Å². The van der Waals surface area contributed by atoms with Gasteiger partial charge in [0.05, 0.1) is 24.1 Å². The zero-order valence-electron chi connectivity index (χ0n) is 8.27. The predicted molar refractivity (Wildman–Crippen MR) is 56.9 cm³/mol. The van der Waals surface area contributed by atoms with E-state index in [0.29, 0.717) is 0 Å². The van der Waals surface area contributed by atoms with Gasteiger partial charge in [-0.1, -0.05) is 13.8 Å². The lowest BCUT2D eigenvalue weighted by molar-refractivity contribution is -0.131. The molecule has 0 bridgehead atoms. The third-order valence-electron chi connectivity index (χ3n) is 1.32. The monoisotopic (exact) mass is 250 g/mol. The van der Waals surface area contributed by atoms with Crippen LogP contribution in [0.15, 0.2) is 0 Å². The van der Waals surface area contributed by atoms with E-state index in [2.05, 4.69) is 3.63 Å². The summed E-state index contributed by atoms with van der Waals surface area (Å²) in [6.07, 6.45) is 0.170. The summed E-state index contributed by atoms with van der Waals surface area (Å²) in [5.74, 6) is -1.18. The fourth-order valence-electron chi connectivity index (χ4n) is 0.460. The van der Waals surface area contributed by atoms with Gasteiger partial charge in [0.25, 0.3) is 10.2 Å². The highest BCUT2D eigenvalue weighted by Gasteiger charge is 2.17. The molecule has 0 N–H and O–H groups in total. The summed E-state index contributed by atoms with van der Waals surface area (Å²) in [7, 11) is 0. The average molecular weight is 250 g/mol. The van der Waals surface area contributed by atoms with E-state index in [-0.39, 0.29) is 36.9 Å². The second-order valence-corrected chi connectivity index (χ2v) is 3.98. The van der Waals surface area contributed by atoms with Gasteiger partial charge in [0.15, 0.2) is 0 Å². The fourth-order valence-corrected chi connectivity index (χ4v) is 1.57. The van der Waals surface area contributed by atoms with E-state index in [1.54, 1.807) is 13.8 Å². The molecule has 0 aromatic rings. The summed E-state index contributed by atoms with van der Waals surface area (Å²) >= 11 is 0.534. The number of hydrogen-bond acceptors (Lipinski definition) is 7. The second kappa shape index (κ2) is 7.61. The quantitative estimate of drug-likeness (QED) is 0.519. The van der Waals surface area contributed by atoms with E-state index in [1.165, 1.54) is 0 Å². The summed E-state index contributed by atoms with van der Waals surface area (Å²) in [5, 5.41) is -1.55. The van der Waals surface area contributed by atoms with Crippen LogP contribution in [0.1, 0.15) is 26.7 Å². The first-order chi connectivity index (χ1) is 7.02. The van der Waals surface area contributed by atoms with Crippen molar-refractivity contribution in [3.05, 3.63) is 0 Å². The molecule has 84 valence electrons. The highest BCUT2D eigenvalue weighted by atomic mass is 32.2. The zero-order valence-corrected chi connectivity index (χ0v) is 9.90. The molecule has 5 nitrogen and oxygen atoms in total. The standard InChI is InChI=1S/C8H10O5S2/c1-3-5(9)7(11)14-13-15-8(12)6(10)4-2/h3-4H2,1-2H3. The molecule has 0 rings (SSSR count). The molecular formula is C8H10O5S2. The van der Waals surface area contributed by atoms with Gasteiger partial charge >= 0.3 is 0 Å². The lowest BCUT2D eigenvalue weighted by atomic mass is 10.3. The lowest BCUT2D eigenvalue weighted by Gasteiger charge is -1.96. The first-order valence-electron chi connectivity index (χ1n) is 4.18. The minimum absolute atomic E-state index is 0.0850. The second-order valence-electron chi connectivity index (χ2n) is 2.36. The molecule has 0 aliphatic carbocycles. The van der Waals surface area contributed by atoms with Crippen LogP contribution in [0.2, 0.25) is 0 Å². The maximum absolute atomic E-state index is 10.9. The van der Waals surface area contributed by atoms with E-state index >= 15 is 0 Å². The summed E-state index contributed by atoms with van der Waals surface area (Å²) in [6, 6.07) is 0. The number of carbonyl (C=O) groups is 4. The van der Waals surface area contributed by atoms with Crippen LogP contribution >= 0.6 is 24.1 Å². The van der Waals surface area contributed by atoms with Gasteiger partial charge in [-0.05, 0) is 0 Å². The van der Waals surface area contributed by atoms with Crippen LogP contribution in [0.4, 0.5) is 0 Å². The van der Waals surface area contributed by atoms with Crippen LogP contribution in [0.3, 0.4) is 0 Å². The van der Waals surface area contributed by atoms with Crippen LogP contribution in [0, 0.1) is 0 Å². The number of carbonyl (C=O) groups excluding carboxylic acids is 4. The Morgan fingerprint density at radius 2 is 1.20 bits per heavy atom. The minimum atomic E-state index is -0.776. The van der Waals surface area contributed by atoms with Crippen molar-refractivity contribution in [2.24, 2.45) is 0 Å². The van der Waals surface area contributed by atoms with Crippen LogP contribution in [0.25, 0.3) is 0 Å². The van der Waals surface area contributed by atoms with Crippen molar-refractivity contribution in [2.75, 3.05) is 0 Å². The van der Waals surface area contributed by atoms with Gasteiger partial charge < -0.3 is 0 Å². The summed E-state index contributed by atoms with van der Waals surface area (Å²) in [4.78, 5) is 43.3. The van der Waals surface area contributed by atoms with Crippen LogP contribution in [-0.2, 0) is 22.8 Å². The van der Waals surface area contributed by atoms with Crippen LogP contribution < -0.4 is 0 Å². The maximum Gasteiger partial charge on any atom is 0.282 e. The maximum atomic E-state index is 10.9. The highest BCUT2D eigenvalue weighted by molar-refractivity contribution is 8.23. The molecule has 0 saturated heterocycles. The van der Waals surface area contributed by atoms with Gasteiger partial charge in [0.2, 0.25) is 11.6 Å². The molecule has 0 heterocycles. The first kappa shape index (κ1) is 14.3. The van der Waals surface area contributed by atoms with Gasteiger partial charge in [-0.25, -0.2) is 3.63 Å². The van der Waals surface area contributed by atoms with Crippen molar-refractivity contribution in [1.29, 1.82) is 0 Å². The highest BCUT2D eigenvalue weighted by Crippen LogP contribution is 2.18. The normalized spacial score (nSPS) is 9.73. The van der Waals surface area contributed by atoms with Crippen molar-refractivity contribution >= 4 is 45.9 Å². The number of Topliss-reactive ketones (excluding diaryl/α,β-unsaturated/α-hetero) is 2. The Morgan fingerprint density at radius 1 is 0.867 bits per heavy atom. The van der Waals surface area contributed by atoms with Gasteiger partial charge in [0.1, 0.15) is 0 Å². The SMILES string of the molecule is CCC(=O)C(=O)SOSC(=O)C(=O)CC. The zero-order chi connectivity index (χ0) is 11.8. The van der Waals surface area contributed by atoms with E-state index in [1.807, 2.05) is 0 Å². The number of hydrogen-bond donors (Lipinski definition) is 0. The van der Waals surface area contributed by atoms with E-state index in [4.69, 9.17) is 0 Å². The molecule has 7 heteroatoms. The number of ketones is 2. The third kappa shape index (κ3) is 5.71. The molecule has 15 heavy (non-hydrogen) atoms. The van der Waals surface area contributed by atoms with Crippen molar-refractivity contribution in [1.82, 2.24) is 0 Å². The molecule has 0 aliphatic rings. The Morgan fingerprint density at radius 3 is 1.47 bits per heavy atom. The molecule has 0 amide bonds. The molecule has 0 aromatic heterocycles. The van der Waals surface area contributed by atoms with Gasteiger partial charge in [-0.3, -0.25) is 19.2 Å². The summed E-state index contributed by atoms with van der Waals surface area (Å²) in [6.45, 7) is 3.08. The molecule has 0 aromatic carbocycles. The topological polar surface area (TPSA) is 77.5 Å². The molecule has 0 atom stereocenters. The predicted octanol–water partition coefficient (Wildman–Crippen LogP) is 1.31. The fraction of sp³-hybridized carbons (Fsp3) is 0.500.